The summed E-state index contributed by atoms with van der Waals surface area (Å²) in [4.78, 5) is 0. The van der Waals surface area contributed by atoms with Crippen molar-refractivity contribution in [2.24, 2.45) is 5.73 Å². The van der Waals surface area contributed by atoms with E-state index >= 15 is 0 Å². The van der Waals surface area contributed by atoms with Crippen molar-refractivity contribution >= 4 is 0 Å². The molecule has 16 heavy (non-hydrogen) atoms. The van der Waals surface area contributed by atoms with Crippen molar-refractivity contribution in [3.05, 3.63) is 35.1 Å². The molecule has 0 saturated carbocycles. The minimum Gasteiger partial charge on any atom is -0.377 e. The van der Waals surface area contributed by atoms with Gasteiger partial charge in [0.05, 0.1) is 12.7 Å². The molecule has 1 rings (SSSR count). The summed E-state index contributed by atoms with van der Waals surface area (Å²) in [5.41, 5.74) is 7.97. The second-order valence-corrected chi connectivity index (χ2v) is 4.42. The molecule has 1 aromatic rings. The van der Waals surface area contributed by atoms with Gasteiger partial charge in [-0.15, -0.1) is 0 Å². The summed E-state index contributed by atoms with van der Waals surface area (Å²) in [6.45, 7) is 6.40. The van der Waals surface area contributed by atoms with Crippen LogP contribution in [0.1, 0.15) is 25.0 Å². The van der Waals surface area contributed by atoms with Crippen LogP contribution in [0.3, 0.4) is 0 Å². The lowest BCUT2D eigenvalue weighted by Crippen LogP contribution is -2.30. The Morgan fingerprint density at radius 2 is 2.06 bits per heavy atom. The Bertz CT molecular complexity index is 339. The second kappa shape index (κ2) is 5.97. The maximum absolute atomic E-state index is 12.9. The normalized spacial score (nSPS) is 13.1. The van der Waals surface area contributed by atoms with E-state index in [1.165, 1.54) is 12.1 Å². The summed E-state index contributed by atoms with van der Waals surface area (Å²) in [6.07, 6.45) is 0.916. The highest BCUT2D eigenvalue weighted by Gasteiger charge is 2.08. The first-order valence-corrected chi connectivity index (χ1v) is 5.61. The van der Waals surface area contributed by atoms with Gasteiger partial charge in [-0.3, -0.25) is 0 Å². The number of rotatable bonds is 5. The van der Waals surface area contributed by atoms with Crippen molar-refractivity contribution < 1.29 is 9.13 Å². The SMILES string of the molecule is Cc1cc(F)ccc1CC(N)COC(C)C. The van der Waals surface area contributed by atoms with Gasteiger partial charge in [-0.1, -0.05) is 6.07 Å². The molecule has 0 spiro atoms. The Hall–Kier alpha value is -0.930. The first-order chi connectivity index (χ1) is 7.49. The molecule has 1 unspecified atom stereocenters. The zero-order valence-corrected chi connectivity index (χ0v) is 10.2. The zero-order valence-electron chi connectivity index (χ0n) is 10.2. The molecule has 0 radical (unpaired) electrons. The Morgan fingerprint density at radius 1 is 1.38 bits per heavy atom. The molecule has 90 valence electrons. The van der Waals surface area contributed by atoms with E-state index < -0.39 is 0 Å². The van der Waals surface area contributed by atoms with E-state index in [1.54, 1.807) is 6.07 Å². The number of nitrogens with two attached hydrogens (primary N) is 1. The molecular weight excluding hydrogens is 205 g/mol. The van der Waals surface area contributed by atoms with E-state index in [4.69, 9.17) is 10.5 Å². The lowest BCUT2D eigenvalue weighted by atomic mass is 10.0. The largest absolute Gasteiger partial charge is 0.377 e. The van der Waals surface area contributed by atoms with Gasteiger partial charge < -0.3 is 10.5 Å². The monoisotopic (exact) mass is 225 g/mol. The molecule has 3 heteroatoms. The third-order valence-corrected chi connectivity index (χ3v) is 2.43. The summed E-state index contributed by atoms with van der Waals surface area (Å²) >= 11 is 0. The predicted molar refractivity (Wildman–Crippen MR) is 63.9 cm³/mol. The fourth-order valence-corrected chi connectivity index (χ4v) is 1.55. The third kappa shape index (κ3) is 4.29. The van der Waals surface area contributed by atoms with Crippen LogP contribution in [0.2, 0.25) is 0 Å². The van der Waals surface area contributed by atoms with Gasteiger partial charge in [0.25, 0.3) is 0 Å². The van der Waals surface area contributed by atoms with Crippen molar-refractivity contribution in [2.75, 3.05) is 6.61 Å². The van der Waals surface area contributed by atoms with E-state index in [9.17, 15) is 4.39 Å². The average Bonchev–Trinajstić information content (AvgIpc) is 2.19. The number of aryl methyl sites for hydroxylation is 1. The lowest BCUT2D eigenvalue weighted by molar-refractivity contribution is 0.0684. The van der Waals surface area contributed by atoms with Crippen molar-refractivity contribution in [1.82, 2.24) is 0 Å². The second-order valence-electron chi connectivity index (χ2n) is 4.42. The highest BCUT2D eigenvalue weighted by Crippen LogP contribution is 2.12. The van der Waals surface area contributed by atoms with Crippen molar-refractivity contribution in [2.45, 2.75) is 39.3 Å². The average molecular weight is 225 g/mol. The Morgan fingerprint density at radius 3 is 2.62 bits per heavy atom. The summed E-state index contributed by atoms with van der Waals surface area (Å²) in [6, 6.07) is 4.76. The fourth-order valence-electron chi connectivity index (χ4n) is 1.55. The number of benzene rings is 1. The molecule has 0 saturated heterocycles. The molecule has 0 bridgehead atoms. The van der Waals surface area contributed by atoms with Crippen LogP contribution in [0.15, 0.2) is 18.2 Å². The molecule has 0 aromatic heterocycles. The highest BCUT2D eigenvalue weighted by atomic mass is 19.1. The van der Waals surface area contributed by atoms with Gasteiger partial charge >= 0.3 is 0 Å². The maximum Gasteiger partial charge on any atom is 0.123 e. The molecular formula is C13H20FNO. The van der Waals surface area contributed by atoms with Crippen LogP contribution in [0.4, 0.5) is 4.39 Å². The van der Waals surface area contributed by atoms with Gasteiger partial charge in [0.15, 0.2) is 0 Å². The van der Waals surface area contributed by atoms with Crippen molar-refractivity contribution in [3.63, 3.8) is 0 Å². The van der Waals surface area contributed by atoms with Crippen molar-refractivity contribution in [3.8, 4) is 0 Å². The first-order valence-electron chi connectivity index (χ1n) is 5.61. The predicted octanol–water partition coefficient (Wildman–Crippen LogP) is 2.43. The fraction of sp³-hybridized carbons (Fsp3) is 0.538. The molecule has 0 aliphatic heterocycles. The van der Waals surface area contributed by atoms with Gasteiger partial charge in [0.1, 0.15) is 5.82 Å². The van der Waals surface area contributed by atoms with E-state index in [1.807, 2.05) is 20.8 Å². The minimum atomic E-state index is -0.201. The summed E-state index contributed by atoms with van der Waals surface area (Å²) < 4.78 is 18.3. The van der Waals surface area contributed by atoms with Crippen LogP contribution < -0.4 is 5.73 Å². The Labute approximate surface area is 96.6 Å². The van der Waals surface area contributed by atoms with Gasteiger partial charge in [0.2, 0.25) is 0 Å². The zero-order chi connectivity index (χ0) is 12.1. The smallest absolute Gasteiger partial charge is 0.123 e. The van der Waals surface area contributed by atoms with E-state index in [-0.39, 0.29) is 18.0 Å². The quantitative estimate of drug-likeness (QED) is 0.835. The molecule has 0 heterocycles. The summed E-state index contributed by atoms with van der Waals surface area (Å²) in [5, 5.41) is 0. The van der Waals surface area contributed by atoms with Crippen LogP contribution in [0.25, 0.3) is 0 Å². The van der Waals surface area contributed by atoms with Gasteiger partial charge in [-0.05, 0) is 50.5 Å². The molecule has 0 fully saturated rings. The topological polar surface area (TPSA) is 35.2 Å². The highest BCUT2D eigenvalue weighted by molar-refractivity contribution is 5.27. The van der Waals surface area contributed by atoms with Gasteiger partial charge in [0, 0.05) is 6.04 Å². The molecule has 1 aromatic carbocycles. The van der Waals surface area contributed by atoms with Crippen molar-refractivity contribution in [1.29, 1.82) is 0 Å². The molecule has 0 amide bonds. The van der Waals surface area contributed by atoms with Crippen LogP contribution >= 0.6 is 0 Å². The van der Waals surface area contributed by atoms with E-state index in [0.29, 0.717) is 6.61 Å². The molecule has 0 aliphatic carbocycles. The molecule has 2 nitrogen and oxygen atoms in total. The Balaban J connectivity index is 2.52. The van der Waals surface area contributed by atoms with Crippen LogP contribution in [-0.2, 0) is 11.2 Å². The van der Waals surface area contributed by atoms with Gasteiger partial charge in [-0.2, -0.15) is 0 Å². The summed E-state index contributed by atoms with van der Waals surface area (Å²) in [5.74, 6) is -0.201. The van der Waals surface area contributed by atoms with Crippen LogP contribution in [0.5, 0.6) is 0 Å². The molecule has 1 atom stereocenters. The first kappa shape index (κ1) is 13.1. The van der Waals surface area contributed by atoms with Crippen LogP contribution in [0, 0.1) is 12.7 Å². The molecule has 2 N–H and O–H groups in total. The number of halogens is 1. The van der Waals surface area contributed by atoms with Gasteiger partial charge in [-0.25, -0.2) is 4.39 Å². The number of hydrogen-bond donors (Lipinski definition) is 1. The minimum absolute atomic E-state index is 0.0356. The third-order valence-electron chi connectivity index (χ3n) is 2.43. The number of ether oxygens (including phenoxy) is 1. The van der Waals surface area contributed by atoms with Crippen LogP contribution in [-0.4, -0.2) is 18.8 Å². The van der Waals surface area contributed by atoms with E-state index in [2.05, 4.69) is 0 Å². The van der Waals surface area contributed by atoms with E-state index in [0.717, 1.165) is 17.5 Å². The maximum atomic E-state index is 12.9. The standard InChI is InChI=1S/C13H20FNO/c1-9(2)16-8-13(15)7-11-4-5-12(14)6-10(11)3/h4-6,9,13H,7-8,15H2,1-3H3. The molecule has 0 aliphatic rings. The lowest BCUT2D eigenvalue weighted by Gasteiger charge is -2.15. The number of hydrogen-bond acceptors (Lipinski definition) is 2. The summed E-state index contributed by atoms with van der Waals surface area (Å²) in [7, 11) is 0. The Kier molecular flexibility index (Phi) is 4.90.